The summed E-state index contributed by atoms with van der Waals surface area (Å²) < 4.78 is 7.11. The summed E-state index contributed by atoms with van der Waals surface area (Å²) in [6, 6.07) is 18.3. The van der Waals surface area contributed by atoms with E-state index in [4.69, 9.17) is 16.3 Å². The van der Waals surface area contributed by atoms with Crippen molar-refractivity contribution in [3.63, 3.8) is 0 Å². The number of methoxy groups -OCH3 is 1. The largest absolute Gasteiger partial charge is 0.481 e. The first-order valence-electron chi connectivity index (χ1n) is 11.4. The number of aromatic nitrogens is 4. The third-order valence-corrected chi connectivity index (χ3v) is 6.24. The Morgan fingerprint density at radius 1 is 1.06 bits per heavy atom. The lowest BCUT2D eigenvalue weighted by molar-refractivity contribution is 0.233. The van der Waals surface area contributed by atoms with Crippen LogP contribution >= 0.6 is 11.6 Å². The van der Waals surface area contributed by atoms with E-state index in [0.29, 0.717) is 22.5 Å². The molecule has 3 heterocycles. The van der Waals surface area contributed by atoms with Gasteiger partial charge in [-0.05, 0) is 35.7 Å². The summed E-state index contributed by atoms with van der Waals surface area (Å²) in [6.07, 6.45) is 0. The van der Waals surface area contributed by atoms with Crippen LogP contribution in [0.15, 0.2) is 54.6 Å². The number of hydrogen-bond donors (Lipinski definition) is 2. The predicted octanol–water partition coefficient (Wildman–Crippen LogP) is 3.70. The Balaban J connectivity index is 1.49. The summed E-state index contributed by atoms with van der Waals surface area (Å²) in [5.41, 5.74) is 3.46. The van der Waals surface area contributed by atoms with Gasteiger partial charge in [-0.3, -0.25) is 4.90 Å². The molecule has 1 aliphatic rings. The van der Waals surface area contributed by atoms with Crippen molar-refractivity contribution in [1.29, 1.82) is 0 Å². The van der Waals surface area contributed by atoms with Crippen molar-refractivity contribution in [3.05, 3.63) is 82.1 Å². The molecule has 9 heteroatoms. The highest BCUT2D eigenvalue weighted by atomic mass is 35.5. The molecular formula is C25H28ClN7O. The Labute approximate surface area is 203 Å². The van der Waals surface area contributed by atoms with Gasteiger partial charge in [-0.25, -0.2) is 0 Å². The molecule has 0 aliphatic carbocycles. The summed E-state index contributed by atoms with van der Waals surface area (Å²) in [6.45, 7) is 7.04. The van der Waals surface area contributed by atoms with Gasteiger partial charge in [0.2, 0.25) is 5.88 Å². The quantitative estimate of drug-likeness (QED) is 0.420. The highest BCUT2D eigenvalue weighted by Gasteiger charge is 2.19. The molecular weight excluding hydrogens is 450 g/mol. The van der Waals surface area contributed by atoms with Crippen LogP contribution in [0.4, 0.5) is 5.82 Å². The second-order valence-corrected chi connectivity index (χ2v) is 8.89. The highest BCUT2D eigenvalue weighted by Crippen LogP contribution is 2.30. The minimum atomic E-state index is -0.160. The third-order valence-electron chi connectivity index (χ3n) is 6.01. The second kappa shape index (κ2) is 9.97. The van der Waals surface area contributed by atoms with Crippen molar-refractivity contribution in [2.24, 2.45) is 0 Å². The Hall–Kier alpha value is -3.20. The van der Waals surface area contributed by atoms with Gasteiger partial charge in [0, 0.05) is 43.8 Å². The van der Waals surface area contributed by atoms with E-state index in [1.165, 1.54) is 5.56 Å². The maximum Gasteiger partial charge on any atom is 0.257 e. The molecule has 34 heavy (non-hydrogen) atoms. The van der Waals surface area contributed by atoms with Gasteiger partial charge in [-0.1, -0.05) is 48.0 Å². The number of benzene rings is 2. The summed E-state index contributed by atoms with van der Waals surface area (Å²) in [7, 11) is 1.59. The molecule has 0 bridgehead atoms. The summed E-state index contributed by atoms with van der Waals surface area (Å²) >= 11 is 6.36. The summed E-state index contributed by atoms with van der Waals surface area (Å²) in [5, 5.41) is 12.2. The number of hydrogen-bond acceptors (Lipinski definition) is 7. The van der Waals surface area contributed by atoms with Crippen molar-refractivity contribution < 1.29 is 4.74 Å². The van der Waals surface area contributed by atoms with Gasteiger partial charge >= 0.3 is 0 Å². The number of fused-ring (bicyclic) bond motifs is 1. The number of nitrogens with zero attached hydrogens (tertiary/aromatic N) is 5. The zero-order valence-corrected chi connectivity index (χ0v) is 20.1. The fourth-order valence-electron chi connectivity index (χ4n) is 4.29. The van der Waals surface area contributed by atoms with Crippen LogP contribution in [-0.2, 0) is 6.54 Å². The Morgan fingerprint density at radius 2 is 1.85 bits per heavy atom. The molecule has 2 aromatic heterocycles. The number of halogens is 1. The van der Waals surface area contributed by atoms with Crippen LogP contribution in [0.25, 0.3) is 5.78 Å². The molecule has 1 unspecified atom stereocenters. The number of aryl methyl sites for hydroxylation is 1. The average molecular weight is 478 g/mol. The molecule has 1 fully saturated rings. The van der Waals surface area contributed by atoms with Gasteiger partial charge in [0.05, 0.1) is 13.2 Å². The summed E-state index contributed by atoms with van der Waals surface area (Å²) in [4.78, 5) is 11.3. The molecule has 0 spiro atoms. The summed E-state index contributed by atoms with van der Waals surface area (Å²) in [5.74, 6) is 2.33. The predicted molar refractivity (Wildman–Crippen MR) is 134 cm³/mol. The third kappa shape index (κ3) is 4.99. The molecule has 2 aromatic carbocycles. The Bertz CT molecular complexity index is 1270. The van der Waals surface area contributed by atoms with E-state index in [0.717, 1.165) is 49.7 Å². The van der Waals surface area contributed by atoms with Crippen LogP contribution < -0.4 is 15.4 Å². The van der Waals surface area contributed by atoms with Crippen LogP contribution in [0, 0.1) is 6.92 Å². The molecule has 4 aromatic rings. The first-order valence-corrected chi connectivity index (χ1v) is 11.8. The fraction of sp³-hybridized carbons (Fsp3) is 0.320. The molecule has 5 rings (SSSR count). The van der Waals surface area contributed by atoms with Crippen molar-refractivity contribution in [3.8, 4) is 5.88 Å². The van der Waals surface area contributed by atoms with E-state index in [1.54, 1.807) is 11.6 Å². The maximum absolute atomic E-state index is 6.36. The number of piperazine rings is 1. The molecule has 1 aliphatic heterocycles. The minimum Gasteiger partial charge on any atom is -0.481 e. The molecule has 8 nitrogen and oxygen atoms in total. The molecule has 0 radical (unpaired) electrons. The van der Waals surface area contributed by atoms with Gasteiger partial charge in [0.25, 0.3) is 5.78 Å². The first kappa shape index (κ1) is 22.6. The number of rotatable bonds is 7. The molecule has 1 saturated heterocycles. The van der Waals surface area contributed by atoms with E-state index in [9.17, 15) is 0 Å². The van der Waals surface area contributed by atoms with Crippen LogP contribution in [0.5, 0.6) is 5.88 Å². The van der Waals surface area contributed by atoms with E-state index >= 15 is 0 Å². The van der Waals surface area contributed by atoms with Gasteiger partial charge in [0.1, 0.15) is 11.6 Å². The van der Waals surface area contributed by atoms with Gasteiger partial charge in [-0.2, -0.15) is 14.5 Å². The van der Waals surface area contributed by atoms with Crippen molar-refractivity contribution in [1.82, 2.24) is 29.8 Å². The molecule has 1 atom stereocenters. The topological polar surface area (TPSA) is 79.6 Å². The average Bonchev–Trinajstić information content (AvgIpc) is 3.24. The lowest BCUT2D eigenvalue weighted by atomic mass is 9.97. The van der Waals surface area contributed by atoms with Crippen LogP contribution in [0.3, 0.4) is 0 Å². The Kier molecular flexibility index (Phi) is 6.62. The smallest absolute Gasteiger partial charge is 0.257 e. The van der Waals surface area contributed by atoms with Crippen molar-refractivity contribution in [2.75, 3.05) is 38.6 Å². The monoisotopic (exact) mass is 477 g/mol. The normalized spacial score (nSPS) is 15.4. The van der Waals surface area contributed by atoms with Crippen LogP contribution in [0.1, 0.15) is 28.6 Å². The lowest BCUT2D eigenvalue weighted by Gasteiger charge is -2.27. The van der Waals surface area contributed by atoms with Crippen LogP contribution in [-0.4, -0.2) is 57.8 Å². The van der Waals surface area contributed by atoms with E-state index in [-0.39, 0.29) is 6.04 Å². The maximum atomic E-state index is 6.36. The Morgan fingerprint density at radius 3 is 2.59 bits per heavy atom. The fourth-order valence-corrected chi connectivity index (χ4v) is 4.49. The lowest BCUT2D eigenvalue weighted by Crippen LogP contribution is -2.42. The van der Waals surface area contributed by atoms with Gasteiger partial charge in [0.15, 0.2) is 0 Å². The number of ether oxygens (including phenoxy) is 1. The molecule has 0 amide bonds. The van der Waals surface area contributed by atoms with Gasteiger partial charge < -0.3 is 15.4 Å². The minimum absolute atomic E-state index is 0.160. The van der Waals surface area contributed by atoms with Crippen molar-refractivity contribution >= 4 is 23.2 Å². The molecule has 2 N–H and O–H groups in total. The SMILES string of the molecule is COc1cc(NC(c2ccc(CN3CCNCC3)cc2)c2cccc(Cl)c2)n2nc(C)nc2n1. The first-order chi connectivity index (χ1) is 16.6. The van der Waals surface area contributed by atoms with E-state index in [2.05, 4.69) is 60.9 Å². The van der Waals surface area contributed by atoms with Crippen LogP contribution in [0.2, 0.25) is 5.02 Å². The van der Waals surface area contributed by atoms with Crippen molar-refractivity contribution in [2.45, 2.75) is 19.5 Å². The second-order valence-electron chi connectivity index (χ2n) is 8.45. The number of anilines is 1. The number of nitrogens with one attached hydrogen (secondary N) is 2. The van der Waals surface area contributed by atoms with Gasteiger partial charge in [-0.15, -0.1) is 5.10 Å². The standard InChI is InChI=1S/C25H28ClN7O/c1-17-28-25-30-23(34-2)15-22(33(25)31-17)29-24(20-4-3-5-21(26)14-20)19-8-6-18(7-9-19)16-32-12-10-27-11-13-32/h3-9,14-15,24,27,29H,10-13,16H2,1-2H3. The zero-order valence-electron chi connectivity index (χ0n) is 19.3. The molecule has 0 saturated carbocycles. The van der Waals surface area contributed by atoms with E-state index in [1.807, 2.05) is 31.2 Å². The molecule has 176 valence electrons. The zero-order chi connectivity index (χ0) is 23.5. The van der Waals surface area contributed by atoms with E-state index < -0.39 is 0 Å². The highest BCUT2D eigenvalue weighted by molar-refractivity contribution is 6.30.